The summed E-state index contributed by atoms with van der Waals surface area (Å²) in [5, 5.41) is 7.45. The van der Waals surface area contributed by atoms with Gasteiger partial charge in [0.25, 0.3) is 5.91 Å². The van der Waals surface area contributed by atoms with Crippen molar-refractivity contribution in [3.8, 4) is 0 Å². The second kappa shape index (κ2) is 9.48. The molecule has 4 rings (SSSR count). The molecule has 7 nitrogen and oxygen atoms in total. The summed E-state index contributed by atoms with van der Waals surface area (Å²) < 4.78 is 13.7. The number of carbonyl (C=O) groups is 2. The summed E-state index contributed by atoms with van der Waals surface area (Å²) in [6.07, 6.45) is 1.60. The minimum absolute atomic E-state index is 0.0542. The monoisotopic (exact) mass is 437 g/mol. The van der Waals surface area contributed by atoms with Gasteiger partial charge in [-0.25, -0.2) is 14.4 Å². The lowest BCUT2D eigenvalue weighted by Crippen LogP contribution is -2.26. The van der Waals surface area contributed by atoms with Crippen LogP contribution in [-0.4, -0.2) is 33.3 Å². The van der Waals surface area contributed by atoms with Crippen molar-refractivity contribution in [2.45, 2.75) is 19.3 Å². The van der Waals surface area contributed by atoms with E-state index in [9.17, 15) is 14.0 Å². The quantitative estimate of drug-likeness (QED) is 0.366. The molecule has 0 radical (unpaired) electrons. The Morgan fingerprint density at radius 1 is 1.06 bits per heavy atom. The summed E-state index contributed by atoms with van der Waals surface area (Å²) in [7, 11) is 0. The Balaban J connectivity index is 1.21. The molecular formula is C22H20FN5O2S. The van der Waals surface area contributed by atoms with Gasteiger partial charge in [0.1, 0.15) is 11.6 Å². The van der Waals surface area contributed by atoms with Crippen LogP contribution in [0.25, 0.3) is 11.0 Å². The minimum atomic E-state index is -0.598. The van der Waals surface area contributed by atoms with E-state index >= 15 is 0 Å². The molecule has 3 N–H and O–H groups in total. The first-order valence-electron chi connectivity index (χ1n) is 9.79. The first-order valence-corrected chi connectivity index (χ1v) is 10.7. The molecule has 31 heavy (non-hydrogen) atoms. The first-order chi connectivity index (χ1) is 15.1. The average molecular weight is 438 g/mol. The van der Waals surface area contributed by atoms with Crippen LogP contribution in [0.3, 0.4) is 0 Å². The number of aryl methyl sites for hydroxylation is 1. The fraction of sp³-hybridized carbons (Fsp3) is 0.182. The molecule has 0 aliphatic carbocycles. The molecule has 0 saturated heterocycles. The van der Waals surface area contributed by atoms with Crippen molar-refractivity contribution in [3.63, 3.8) is 0 Å². The van der Waals surface area contributed by atoms with Gasteiger partial charge < -0.3 is 10.3 Å². The number of aromatic nitrogens is 3. The maximum absolute atomic E-state index is 13.7. The lowest BCUT2D eigenvalue weighted by Gasteiger charge is -2.03. The average Bonchev–Trinajstić information content (AvgIpc) is 3.37. The number of rotatable bonds is 8. The van der Waals surface area contributed by atoms with Gasteiger partial charge in [-0.3, -0.25) is 14.9 Å². The summed E-state index contributed by atoms with van der Waals surface area (Å²) in [5.41, 5.74) is 2.43. The Labute approximate surface area is 181 Å². The van der Waals surface area contributed by atoms with Crippen LogP contribution in [-0.2, 0) is 17.6 Å². The van der Waals surface area contributed by atoms with E-state index in [-0.39, 0.29) is 17.9 Å². The molecule has 0 saturated carbocycles. The number of nitrogens with zero attached hydrogens (tertiary/aromatic N) is 2. The van der Waals surface area contributed by atoms with Crippen molar-refractivity contribution < 1.29 is 14.0 Å². The van der Waals surface area contributed by atoms with Crippen molar-refractivity contribution in [2.75, 3.05) is 11.9 Å². The highest BCUT2D eigenvalue weighted by molar-refractivity contribution is 7.14. The summed E-state index contributed by atoms with van der Waals surface area (Å²) in [4.78, 5) is 36.3. The van der Waals surface area contributed by atoms with Crippen LogP contribution in [0.5, 0.6) is 0 Å². The number of halogens is 1. The van der Waals surface area contributed by atoms with E-state index in [1.807, 2.05) is 24.3 Å². The Hall–Kier alpha value is -3.59. The molecule has 2 heterocycles. The predicted octanol–water partition coefficient (Wildman–Crippen LogP) is 3.70. The number of thiazole rings is 1. The molecule has 0 atom stereocenters. The molecule has 0 bridgehead atoms. The molecule has 2 aromatic carbocycles. The van der Waals surface area contributed by atoms with Gasteiger partial charge in [0, 0.05) is 18.3 Å². The number of benzene rings is 2. The zero-order valence-corrected chi connectivity index (χ0v) is 17.3. The second-order valence-electron chi connectivity index (χ2n) is 6.91. The number of H-pyrrole nitrogens is 1. The number of fused-ring (bicyclic) bond motifs is 1. The molecule has 0 fully saturated rings. The largest absolute Gasteiger partial charge is 0.356 e. The number of aromatic amines is 1. The van der Waals surface area contributed by atoms with Gasteiger partial charge in [-0.15, -0.1) is 11.3 Å². The van der Waals surface area contributed by atoms with Gasteiger partial charge in [-0.2, -0.15) is 0 Å². The van der Waals surface area contributed by atoms with Gasteiger partial charge in [0.05, 0.1) is 28.7 Å². The highest BCUT2D eigenvalue weighted by Crippen LogP contribution is 2.18. The van der Waals surface area contributed by atoms with E-state index in [1.165, 1.54) is 29.5 Å². The van der Waals surface area contributed by atoms with Crippen LogP contribution < -0.4 is 10.6 Å². The van der Waals surface area contributed by atoms with Crippen LogP contribution in [0.4, 0.5) is 9.52 Å². The van der Waals surface area contributed by atoms with E-state index in [2.05, 4.69) is 25.6 Å². The van der Waals surface area contributed by atoms with Crippen molar-refractivity contribution in [1.29, 1.82) is 0 Å². The third-order valence-electron chi connectivity index (χ3n) is 4.58. The van der Waals surface area contributed by atoms with E-state index in [0.29, 0.717) is 17.4 Å². The number of amides is 2. The molecule has 9 heteroatoms. The summed E-state index contributed by atoms with van der Waals surface area (Å²) >= 11 is 1.19. The number of nitrogens with one attached hydrogen (secondary N) is 3. The van der Waals surface area contributed by atoms with Crippen molar-refractivity contribution in [2.24, 2.45) is 0 Å². The van der Waals surface area contributed by atoms with Crippen LogP contribution in [0.1, 0.15) is 28.3 Å². The Kier molecular flexibility index (Phi) is 6.32. The van der Waals surface area contributed by atoms with E-state index in [0.717, 1.165) is 29.7 Å². The number of carbonyl (C=O) groups excluding carboxylic acids is 2. The summed E-state index contributed by atoms with van der Waals surface area (Å²) in [6.45, 7) is 0.525. The van der Waals surface area contributed by atoms with Crippen LogP contribution in [0.2, 0.25) is 0 Å². The first kappa shape index (κ1) is 20.7. The highest BCUT2D eigenvalue weighted by Gasteiger charge is 2.14. The van der Waals surface area contributed by atoms with Gasteiger partial charge in [0.2, 0.25) is 5.91 Å². The zero-order chi connectivity index (χ0) is 21.6. The third kappa shape index (κ3) is 5.32. The Bertz CT molecular complexity index is 1190. The highest BCUT2D eigenvalue weighted by atomic mass is 32.1. The zero-order valence-electron chi connectivity index (χ0n) is 16.5. The van der Waals surface area contributed by atoms with Crippen molar-refractivity contribution >= 4 is 39.3 Å². The van der Waals surface area contributed by atoms with Crippen LogP contribution in [0.15, 0.2) is 53.9 Å². The number of anilines is 1. The lowest BCUT2D eigenvalue weighted by molar-refractivity contribution is -0.120. The fourth-order valence-corrected chi connectivity index (χ4v) is 3.80. The SMILES string of the molecule is O=C(Cc1csc(NC(=O)c2ccccc2F)n1)NCCCc1nc2ccccc2[nH]1. The van der Waals surface area contributed by atoms with Gasteiger partial charge in [-0.1, -0.05) is 24.3 Å². The van der Waals surface area contributed by atoms with E-state index in [4.69, 9.17) is 0 Å². The normalized spacial score (nSPS) is 10.9. The topological polar surface area (TPSA) is 99.8 Å². The lowest BCUT2D eigenvalue weighted by atomic mass is 10.2. The molecular weight excluding hydrogens is 417 g/mol. The molecule has 2 amide bonds. The Morgan fingerprint density at radius 3 is 2.71 bits per heavy atom. The molecule has 4 aromatic rings. The Morgan fingerprint density at radius 2 is 1.87 bits per heavy atom. The van der Waals surface area contributed by atoms with Gasteiger partial charge in [-0.05, 0) is 30.7 Å². The molecule has 0 aliphatic heterocycles. The minimum Gasteiger partial charge on any atom is -0.356 e. The predicted molar refractivity (Wildman–Crippen MR) is 118 cm³/mol. The number of hydrogen-bond acceptors (Lipinski definition) is 5. The molecule has 0 aliphatic rings. The maximum Gasteiger partial charge on any atom is 0.260 e. The number of para-hydroxylation sites is 2. The molecule has 158 valence electrons. The number of hydrogen-bond donors (Lipinski definition) is 3. The van der Waals surface area contributed by atoms with Gasteiger partial charge in [0.15, 0.2) is 5.13 Å². The smallest absolute Gasteiger partial charge is 0.260 e. The van der Waals surface area contributed by atoms with Gasteiger partial charge >= 0.3 is 0 Å². The van der Waals surface area contributed by atoms with Crippen LogP contribution in [0, 0.1) is 5.82 Å². The summed E-state index contributed by atoms with van der Waals surface area (Å²) in [5.74, 6) is -0.431. The third-order valence-corrected chi connectivity index (χ3v) is 5.39. The standard InChI is InChI=1S/C22H20FN5O2S/c23-16-7-2-1-6-15(16)21(30)28-22-25-14(13-31-22)12-20(29)24-11-5-10-19-26-17-8-3-4-9-18(17)27-19/h1-4,6-9,13H,5,10-12H2,(H,24,29)(H,26,27)(H,25,28,30). The number of imidazole rings is 1. The van der Waals surface area contributed by atoms with Crippen LogP contribution >= 0.6 is 11.3 Å². The maximum atomic E-state index is 13.7. The van der Waals surface area contributed by atoms with Crippen molar-refractivity contribution in [3.05, 3.63) is 76.8 Å². The van der Waals surface area contributed by atoms with E-state index in [1.54, 1.807) is 11.4 Å². The fourth-order valence-electron chi connectivity index (χ4n) is 3.09. The molecule has 0 unspecified atom stereocenters. The summed E-state index contributed by atoms with van der Waals surface area (Å²) in [6, 6.07) is 13.6. The second-order valence-corrected chi connectivity index (χ2v) is 7.77. The molecule has 2 aromatic heterocycles. The molecule has 0 spiro atoms. The van der Waals surface area contributed by atoms with Crippen molar-refractivity contribution in [1.82, 2.24) is 20.3 Å². The van der Waals surface area contributed by atoms with E-state index < -0.39 is 11.7 Å².